The third-order valence-corrected chi connectivity index (χ3v) is 13.5. The van der Waals surface area contributed by atoms with Crippen LogP contribution in [0.2, 0.25) is 0 Å². The van der Waals surface area contributed by atoms with Gasteiger partial charge < -0.3 is 50.1 Å². The first-order valence-corrected chi connectivity index (χ1v) is 20.9. The number of hydrogen-bond donors (Lipinski definition) is 2. The van der Waals surface area contributed by atoms with Gasteiger partial charge in [-0.1, -0.05) is 55.0 Å². The van der Waals surface area contributed by atoms with E-state index in [-0.39, 0.29) is 60.3 Å². The summed E-state index contributed by atoms with van der Waals surface area (Å²) in [5, 5.41) is 12.3. The summed E-state index contributed by atoms with van der Waals surface area (Å²) in [7, 11) is 0. The van der Waals surface area contributed by atoms with Gasteiger partial charge in [-0.2, -0.15) is 0 Å². The molecule has 10 rings (SSSR count). The number of nitrogens with zero attached hydrogens (tertiary/aromatic N) is 3. The summed E-state index contributed by atoms with van der Waals surface area (Å²) in [6.07, 6.45) is 4.54. The summed E-state index contributed by atoms with van der Waals surface area (Å²) in [5.74, 6) is 1.25. The number of piperidine rings is 2. The topological polar surface area (TPSA) is 119 Å². The number of carbonyl (C=O) groups is 4. The molecular weight excluding hydrogens is 748 g/mol. The molecule has 6 aliphatic rings. The van der Waals surface area contributed by atoms with Crippen molar-refractivity contribution < 1.29 is 47.9 Å². The van der Waals surface area contributed by atoms with Gasteiger partial charge in [0.1, 0.15) is 17.5 Å². The number of phenolic OH excluding ortho intramolecular Hbond substituents is 1. The van der Waals surface area contributed by atoms with E-state index < -0.39 is 11.9 Å². The molecule has 3 fully saturated rings. The Bertz CT molecular complexity index is 2300. The number of anilines is 1. The Hall–Kier alpha value is -5.17. The Morgan fingerprint density at radius 2 is 1.62 bits per heavy atom. The molecule has 306 valence electrons. The Morgan fingerprint density at radius 1 is 0.833 bits per heavy atom. The third kappa shape index (κ3) is 8.04. The van der Waals surface area contributed by atoms with Crippen molar-refractivity contribution in [3.63, 3.8) is 0 Å². The predicted molar refractivity (Wildman–Crippen MR) is 225 cm³/mol. The number of rotatable bonds is 4. The minimum Gasteiger partial charge on any atom is -0.508 e. The SMILES string of the molecule is [CH2-]C(=O)N1CCC2c3cc4c(cc3OC[C@@H]2C1)C(=O)N(C1CCC(=O)NC1=O)C4.[CH2-]C1([CH2-])CCN(c2ccc([C@@H]3c4ccc(O)cc4CC[C@@H]3c3ccccc3)cc2)C1.[Li+]. The van der Waals surface area contributed by atoms with Crippen LogP contribution in [0, 0.1) is 32.1 Å². The van der Waals surface area contributed by atoms with Crippen molar-refractivity contribution in [1.29, 1.82) is 0 Å². The molecule has 5 aliphatic heterocycles. The molecule has 4 amide bonds. The summed E-state index contributed by atoms with van der Waals surface area (Å²) in [5.41, 5.74) is 9.04. The molecule has 2 unspecified atom stereocenters. The summed E-state index contributed by atoms with van der Waals surface area (Å²) in [6.45, 7) is 16.1. The van der Waals surface area contributed by atoms with Gasteiger partial charge in [-0.05, 0) is 114 Å². The van der Waals surface area contributed by atoms with E-state index in [0.29, 0.717) is 55.8 Å². The van der Waals surface area contributed by atoms with E-state index in [1.165, 1.54) is 27.9 Å². The van der Waals surface area contributed by atoms with Crippen molar-refractivity contribution in [2.75, 3.05) is 37.7 Å². The van der Waals surface area contributed by atoms with Gasteiger partial charge in [0, 0.05) is 55.7 Å². The van der Waals surface area contributed by atoms with Crippen molar-refractivity contribution in [2.45, 2.75) is 68.9 Å². The van der Waals surface area contributed by atoms with Crippen LogP contribution in [-0.2, 0) is 27.3 Å². The molecule has 4 aromatic carbocycles. The smallest absolute Gasteiger partial charge is 0.508 e. The van der Waals surface area contributed by atoms with Crippen LogP contribution in [0.1, 0.15) is 93.6 Å². The maximum absolute atomic E-state index is 13.0. The zero-order valence-electron chi connectivity index (χ0n) is 34.4. The molecule has 0 aromatic heterocycles. The Morgan fingerprint density at radius 3 is 2.33 bits per heavy atom. The number of nitrogens with one attached hydrogen (secondary N) is 1. The number of phenols is 1. The molecule has 0 saturated carbocycles. The first kappa shape index (κ1) is 41.6. The molecule has 0 bridgehead atoms. The van der Waals surface area contributed by atoms with Gasteiger partial charge in [0.2, 0.25) is 11.8 Å². The first-order chi connectivity index (χ1) is 28.4. The van der Waals surface area contributed by atoms with Gasteiger partial charge in [0.25, 0.3) is 5.91 Å². The van der Waals surface area contributed by atoms with Gasteiger partial charge in [0.05, 0.1) is 12.5 Å². The van der Waals surface area contributed by atoms with Crippen molar-refractivity contribution >= 4 is 29.3 Å². The predicted octanol–water partition coefficient (Wildman–Crippen LogP) is 3.73. The van der Waals surface area contributed by atoms with E-state index in [2.05, 4.69) is 91.7 Å². The molecule has 5 heterocycles. The molecule has 2 N–H and O–H groups in total. The first-order valence-electron chi connectivity index (χ1n) is 20.9. The van der Waals surface area contributed by atoms with Gasteiger partial charge in [-0.15, -0.1) is 0 Å². The van der Waals surface area contributed by atoms with E-state index in [9.17, 15) is 24.3 Å². The van der Waals surface area contributed by atoms with Crippen LogP contribution in [0.3, 0.4) is 0 Å². The van der Waals surface area contributed by atoms with E-state index in [4.69, 9.17) is 4.74 Å². The number of aromatic hydroxyl groups is 1. The number of benzene rings is 4. The number of carbonyl (C=O) groups excluding carboxylic acids is 4. The van der Waals surface area contributed by atoms with Crippen molar-refractivity contribution in [1.82, 2.24) is 15.1 Å². The third-order valence-electron chi connectivity index (χ3n) is 13.5. The van der Waals surface area contributed by atoms with Crippen LogP contribution in [0.15, 0.2) is 84.9 Å². The van der Waals surface area contributed by atoms with Crippen LogP contribution >= 0.6 is 0 Å². The number of hydrogen-bond acceptors (Lipinski definition) is 7. The molecule has 5 atom stereocenters. The van der Waals surface area contributed by atoms with Crippen LogP contribution in [0.5, 0.6) is 11.5 Å². The van der Waals surface area contributed by atoms with Crippen LogP contribution in [0.4, 0.5) is 5.69 Å². The molecule has 11 heteroatoms. The quantitative estimate of drug-likeness (QED) is 0.184. The summed E-state index contributed by atoms with van der Waals surface area (Å²) in [6, 6.07) is 29.1. The van der Waals surface area contributed by atoms with Gasteiger partial charge in [-0.3, -0.25) is 25.1 Å². The number of fused-ring (bicyclic) bond motifs is 5. The molecule has 0 spiro atoms. The maximum atomic E-state index is 13.0. The molecule has 0 radical (unpaired) electrons. The zero-order chi connectivity index (χ0) is 41.0. The van der Waals surface area contributed by atoms with E-state index >= 15 is 0 Å². The molecule has 3 saturated heterocycles. The summed E-state index contributed by atoms with van der Waals surface area (Å²) < 4.78 is 5.96. The minimum atomic E-state index is -0.621. The van der Waals surface area contributed by atoms with Gasteiger partial charge in [0.15, 0.2) is 0 Å². The number of ether oxygens (including phenoxy) is 1. The van der Waals surface area contributed by atoms with Crippen LogP contribution in [-0.4, -0.2) is 77.4 Å². The second-order valence-electron chi connectivity index (χ2n) is 17.4. The van der Waals surface area contributed by atoms with Crippen molar-refractivity contribution in [3.8, 4) is 11.5 Å². The number of aryl methyl sites for hydroxylation is 1. The average Bonchev–Trinajstić information content (AvgIpc) is 3.77. The van der Waals surface area contributed by atoms with Gasteiger partial charge in [-0.25, -0.2) is 0 Å². The summed E-state index contributed by atoms with van der Waals surface area (Å²) in [4.78, 5) is 53.9. The second kappa shape index (κ2) is 16.7. The molecule has 1 aliphatic carbocycles. The molecular formula is C49H51LiN4O6-2. The zero-order valence-corrected chi connectivity index (χ0v) is 34.4. The number of imide groups is 1. The Kier molecular flexibility index (Phi) is 11.6. The standard InChI is InChI=1S/C28H29NO.C21H22N3O5.Li/c1-28(2)16-17-29(19-28)23-11-8-21(9-12-23)27-25(20-6-4-3-5-7-20)14-10-22-18-24(30)13-15-26(22)27;1-11(25)23-5-4-14-13(8-23)10-29-18-7-15-12(6-16(14)18)9-24(21(15)28)17-2-3-19(26)22-20(17)27;/h3-9,11-13,15,18,25,27,30H,1-2,10,14,16-17,19H2;6-7,13-14,17H,1-5,8-10H2,(H,22,26,27);/q-2;-1;+1/t25-,27+;13-,14?,17?;/m10./s1. The summed E-state index contributed by atoms with van der Waals surface area (Å²) >= 11 is 0. The number of amides is 4. The van der Waals surface area contributed by atoms with Crippen LogP contribution in [0.25, 0.3) is 0 Å². The van der Waals surface area contributed by atoms with Crippen molar-refractivity contribution in [2.24, 2.45) is 11.3 Å². The monoisotopic (exact) mass is 798 g/mol. The van der Waals surface area contributed by atoms with E-state index in [1.807, 2.05) is 18.2 Å². The minimum absolute atomic E-state index is 0. The fourth-order valence-electron chi connectivity index (χ4n) is 10.4. The largest absolute Gasteiger partial charge is 1.00 e. The van der Waals surface area contributed by atoms with E-state index in [0.717, 1.165) is 55.6 Å². The van der Waals surface area contributed by atoms with Gasteiger partial charge >= 0.3 is 18.9 Å². The van der Waals surface area contributed by atoms with E-state index in [1.54, 1.807) is 15.9 Å². The van der Waals surface area contributed by atoms with Crippen molar-refractivity contribution in [3.05, 3.63) is 145 Å². The number of likely N-dealkylation sites (tertiary alicyclic amines) is 1. The molecule has 4 aromatic rings. The maximum Gasteiger partial charge on any atom is 1.00 e. The second-order valence-corrected chi connectivity index (χ2v) is 17.4. The Balaban J connectivity index is 0.000000164. The average molecular weight is 799 g/mol. The molecule has 10 nitrogen and oxygen atoms in total. The Labute approximate surface area is 364 Å². The molecule has 60 heavy (non-hydrogen) atoms. The fourth-order valence-corrected chi connectivity index (χ4v) is 10.4. The normalized spacial score (nSPS) is 25.0. The fraction of sp³-hybridized carbons (Fsp3) is 0.367. The van der Waals surface area contributed by atoms with Crippen LogP contribution < -0.4 is 33.8 Å².